The van der Waals surface area contributed by atoms with Crippen LogP contribution in [0.1, 0.15) is 25.6 Å². The third-order valence-electron chi connectivity index (χ3n) is 4.84. The number of thiophene rings is 1. The van der Waals surface area contributed by atoms with Gasteiger partial charge >= 0.3 is 0 Å². The number of nitrogens with zero attached hydrogens (tertiary/aromatic N) is 2. The van der Waals surface area contributed by atoms with E-state index in [1.807, 2.05) is 17.5 Å². The van der Waals surface area contributed by atoms with Crippen LogP contribution in [0.25, 0.3) is 0 Å². The molecule has 3 aromatic rings. The molecule has 1 aromatic carbocycles. The van der Waals surface area contributed by atoms with Crippen molar-refractivity contribution in [2.24, 2.45) is 0 Å². The third-order valence-corrected chi connectivity index (χ3v) is 6.04. The number of aromatic nitrogens is 1. The van der Waals surface area contributed by atoms with Crippen LogP contribution in [-0.4, -0.2) is 43.1 Å². The molecule has 2 N–H and O–H groups in total. The monoisotopic (exact) mass is 456 g/mol. The summed E-state index contributed by atoms with van der Waals surface area (Å²) < 4.78 is 5.41. The second-order valence-electron chi connectivity index (χ2n) is 6.89. The Balaban J connectivity index is 1.44. The van der Waals surface area contributed by atoms with Gasteiger partial charge in [0.25, 0.3) is 11.8 Å². The first-order chi connectivity index (χ1) is 15.1. The Bertz CT molecular complexity index is 1070. The summed E-state index contributed by atoms with van der Waals surface area (Å²) in [5.74, 6) is 0.325. The average Bonchev–Trinajstić information content (AvgIpc) is 3.35. The molecule has 0 unspecified atom stereocenters. The van der Waals surface area contributed by atoms with Gasteiger partial charge in [-0.1, -0.05) is 23.7 Å². The molecule has 3 heterocycles. The SMILES string of the molecule is O=C(NCc1cccnc1N1CCOCC1)c1ccc(Cl)c(NC(=O)c2cccs2)c1. The van der Waals surface area contributed by atoms with Crippen molar-refractivity contribution in [3.63, 3.8) is 0 Å². The maximum atomic E-state index is 12.8. The van der Waals surface area contributed by atoms with E-state index in [0.717, 1.165) is 24.5 Å². The zero-order chi connectivity index (χ0) is 21.6. The van der Waals surface area contributed by atoms with Gasteiger partial charge in [0.15, 0.2) is 0 Å². The molecule has 4 rings (SSSR count). The predicted molar refractivity (Wildman–Crippen MR) is 122 cm³/mol. The molecule has 1 fully saturated rings. The molecule has 9 heteroatoms. The molecule has 0 aliphatic carbocycles. The lowest BCUT2D eigenvalue weighted by atomic mass is 10.1. The Morgan fingerprint density at radius 2 is 1.97 bits per heavy atom. The smallest absolute Gasteiger partial charge is 0.265 e. The van der Waals surface area contributed by atoms with Gasteiger partial charge in [0.2, 0.25) is 0 Å². The van der Waals surface area contributed by atoms with E-state index in [9.17, 15) is 9.59 Å². The molecule has 1 saturated heterocycles. The fourth-order valence-corrected chi connectivity index (χ4v) is 4.04. The second-order valence-corrected chi connectivity index (χ2v) is 8.25. The summed E-state index contributed by atoms with van der Waals surface area (Å²) in [6.07, 6.45) is 1.75. The molecule has 1 aliphatic rings. The van der Waals surface area contributed by atoms with Crippen LogP contribution in [0.15, 0.2) is 54.0 Å². The van der Waals surface area contributed by atoms with Gasteiger partial charge in [-0.05, 0) is 35.7 Å². The number of hydrogen-bond acceptors (Lipinski definition) is 6. The number of morpholine rings is 1. The van der Waals surface area contributed by atoms with Crippen LogP contribution < -0.4 is 15.5 Å². The normalized spacial score (nSPS) is 13.6. The summed E-state index contributed by atoms with van der Waals surface area (Å²) in [6.45, 7) is 3.18. The number of amides is 2. The number of nitrogens with one attached hydrogen (secondary N) is 2. The summed E-state index contributed by atoms with van der Waals surface area (Å²) in [7, 11) is 0. The van der Waals surface area contributed by atoms with E-state index in [1.165, 1.54) is 11.3 Å². The van der Waals surface area contributed by atoms with E-state index in [4.69, 9.17) is 16.3 Å². The topological polar surface area (TPSA) is 83.6 Å². The van der Waals surface area contributed by atoms with Gasteiger partial charge in [-0.25, -0.2) is 4.98 Å². The van der Waals surface area contributed by atoms with E-state index in [1.54, 1.807) is 36.5 Å². The van der Waals surface area contributed by atoms with Crippen LogP contribution in [0.2, 0.25) is 5.02 Å². The first-order valence-corrected chi connectivity index (χ1v) is 11.1. The first-order valence-electron chi connectivity index (χ1n) is 9.81. The summed E-state index contributed by atoms with van der Waals surface area (Å²) in [4.78, 5) is 32.3. The number of pyridine rings is 1. The van der Waals surface area contributed by atoms with Crippen molar-refractivity contribution in [1.29, 1.82) is 0 Å². The molecule has 160 valence electrons. The van der Waals surface area contributed by atoms with Gasteiger partial charge in [0.05, 0.1) is 28.8 Å². The highest BCUT2D eigenvalue weighted by Gasteiger charge is 2.17. The summed E-state index contributed by atoms with van der Waals surface area (Å²) >= 11 is 7.55. The van der Waals surface area contributed by atoms with Crippen LogP contribution >= 0.6 is 22.9 Å². The highest BCUT2D eigenvalue weighted by atomic mass is 35.5. The number of hydrogen-bond donors (Lipinski definition) is 2. The Hall–Kier alpha value is -2.94. The van der Waals surface area contributed by atoms with Crippen molar-refractivity contribution in [2.75, 3.05) is 36.5 Å². The molecule has 0 spiro atoms. The van der Waals surface area contributed by atoms with Crippen LogP contribution in [0.4, 0.5) is 11.5 Å². The Labute approximate surface area is 189 Å². The van der Waals surface area contributed by atoms with Crippen molar-refractivity contribution in [3.8, 4) is 0 Å². The maximum Gasteiger partial charge on any atom is 0.265 e. The lowest BCUT2D eigenvalue weighted by Crippen LogP contribution is -2.37. The lowest BCUT2D eigenvalue weighted by Gasteiger charge is -2.29. The lowest BCUT2D eigenvalue weighted by molar-refractivity contribution is 0.0949. The quantitative estimate of drug-likeness (QED) is 0.589. The third kappa shape index (κ3) is 5.22. The average molecular weight is 457 g/mol. The zero-order valence-corrected chi connectivity index (χ0v) is 18.2. The molecule has 0 atom stereocenters. The van der Waals surface area contributed by atoms with E-state index in [-0.39, 0.29) is 11.8 Å². The molecule has 31 heavy (non-hydrogen) atoms. The van der Waals surface area contributed by atoms with Crippen LogP contribution in [0.3, 0.4) is 0 Å². The second kappa shape index (κ2) is 9.91. The number of halogens is 1. The number of rotatable bonds is 6. The molecule has 1 aliphatic heterocycles. The van der Waals surface area contributed by atoms with Crippen LogP contribution in [0, 0.1) is 0 Å². The molecule has 0 bridgehead atoms. The van der Waals surface area contributed by atoms with Crippen LogP contribution in [0.5, 0.6) is 0 Å². The number of benzene rings is 1. The van der Waals surface area contributed by atoms with Crippen molar-refractivity contribution in [1.82, 2.24) is 10.3 Å². The summed E-state index contributed by atoms with van der Waals surface area (Å²) in [5, 5.41) is 7.88. The number of anilines is 2. The van der Waals surface area contributed by atoms with Crippen molar-refractivity contribution in [2.45, 2.75) is 6.54 Å². The zero-order valence-electron chi connectivity index (χ0n) is 16.6. The Morgan fingerprint density at radius 3 is 2.74 bits per heavy atom. The van der Waals surface area contributed by atoms with Gasteiger partial charge in [-0.2, -0.15) is 0 Å². The van der Waals surface area contributed by atoms with Gasteiger partial charge in [-0.15, -0.1) is 11.3 Å². The minimum atomic E-state index is -0.264. The molecule has 0 saturated carbocycles. The molecule has 2 aromatic heterocycles. The number of carbonyl (C=O) groups excluding carboxylic acids is 2. The van der Waals surface area contributed by atoms with Gasteiger partial charge in [0.1, 0.15) is 5.82 Å². The van der Waals surface area contributed by atoms with Crippen LogP contribution in [-0.2, 0) is 11.3 Å². The predicted octanol–water partition coefficient (Wildman–Crippen LogP) is 3.82. The molecule has 7 nitrogen and oxygen atoms in total. The fourth-order valence-electron chi connectivity index (χ4n) is 3.26. The van der Waals surface area contributed by atoms with Crippen molar-refractivity contribution >= 4 is 46.3 Å². The molecular weight excluding hydrogens is 436 g/mol. The number of ether oxygens (including phenoxy) is 1. The minimum Gasteiger partial charge on any atom is -0.378 e. The molecule has 2 amide bonds. The van der Waals surface area contributed by atoms with E-state index in [0.29, 0.717) is 40.9 Å². The fraction of sp³-hybridized carbons (Fsp3) is 0.227. The van der Waals surface area contributed by atoms with Crippen molar-refractivity contribution in [3.05, 3.63) is 75.1 Å². The van der Waals surface area contributed by atoms with Crippen molar-refractivity contribution < 1.29 is 14.3 Å². The Morgan fingerprint density at radius 1 is 1.13 bits per heavy atom. The Kier molecular flexibility index (Phi) is 6.81. The summed E-state index contributed by atoms with van der Waals surface area (Å²) in [6, 6.07) is 12.1. The van der Waals surface area contributed by atoms with E-state index < -0.39 is 0 Å². The largest absolute Gasteiger partial charge is 0.378 e. The van der Waals surface area contributed by atoms with Gasteiger partial charge in [-0.3, -0.25) is 9.59 Å². The van der Waals surface area contributed by atoms with E-state index >= 15 is 0 Å². The summed E-state index contributed by atoms with van der Waals surface area (Å²) in [5.41, 5.74) is 1.73. The molecular formula is C22H21ClN4O3S. The molecule has 0 radical (unpaired) electrons. The van der Waals surface area contributed by atoms with E-state index in [2.05, 4.69) is 20.5 Å². The highest BCUT2D eigenvalue weighted by molar-refractivity contribution is 7.12. The maximum absolute atomic E-state index is 12.8. The number of carbonyl (C=O) groups is 2. The standard InChI is InChI=1S/C22H21ClN4O3S/c23-17-6-5-15(13-18(17)26-22(29)19-4-2-12-31-19)21(28)25-14-16-3-1-7-24-20(16)27-8-10-30-11-9-27/h1-7,12-13H,8-11,14H2,(H,25,28)(H,26,29). The van der Waals surface area contributed by atoms with Gasteiger partial charge < -0.3 is 20.3 Å². The first kappa shape index (κ1) is 21.3. The minimum absolute atomic E-state index is 0.264. The highest BCUT2D eigenvalue weighted by Crippen LogP contribution is 2.25. The van der Waals surface area contributed by atoms with Gasteiger partial charge in [0, 0.05) is 37.0 Å².